The second-order valence-corrected chi connectivity index (χ2v) is 9.12. The largest absolute Gasteiger partial charge is 0.229 e. The number of sulfonamides is 2. The van der Waals surface area contributed by atoms with E-state index in [9.17, 15) is 16.8 Å². The Balaban J connectivity index is 0. The van der Waals surface area contributed by atoms with Gasteiger partial charge in [0.15, 0.2) is 0 Å². The molecule has 0 unspecified atom stereocenters. The van der Waals surface area contributed by atoms with Crippen LogP contribution in [-0.4, -0.2) is 28.3 Å². The van der Waals surface area contributed by atoms with Crippen molar-refractivity contribution >= 4 is 20.0 Å². The van der Waals surface area contributed by atoms with E-state index in [0.717, 1.165) is 0 Å². The summed E-state index contributed by atoms with van der Waals surface area (Å²) < 4.78 is 42.4. The molecule has 0 aliphatic carbocycles. The van der Waals surface area contributed by atoms with Gasteiger partial charge in [0.2, 0.25) is 20.0 Å². The molecule has 0 amide bonds. The van der Waals surface area contributed by atoms with Crippen molar-refractivity contribution in [3.8, 4) is 0 Å². The summed E-state index contributed by atoms with van der Waals surface area (Å²) >= 11 is 0. The van der Waals surface area contributed by atoms with E-state index in [-0.39, 0.29) is 35.2 Å². The molecule has 0 aromatic carbocycles. The zero-order valence-electron chi connectivity index (χ0n) is 13.9. The van der Waals surface area contributed by atoms with E-state index in [1.54, 1.807) is 12.2 Å². The van der Waals surface area contributed by atoms with Gasteiger partial charge in [-0.15, -0.1) is 13.2 Å². The van der Waals surface area contributed by atoms with Gasteiger partial charge in [-0.25, -0.2) is 27.1 Å². The minimum atomic E-state index is -3.33. The van der Waals surface area contributed by atoms with Crippen LogP contribution in [0.15, 0.2) is 25.3 Å². The van der Waals surface area contributed by atoms with Crippen LogP contribution in [0.5, 0.6) is 0 Å². The standard InChI is InChI=1S/2C7H15NO2S/c2*1-4-6(2)7(3)5-11(8,9)10/h2*4,6-7H,1,5H2,2-3H3,(H2,8,9,10)/t2*6-,7+/m10/s1. The van der Waals surface area contributed by atoms with Crippen LogP contribution in [0.4, 0.5) is 0 Å². The van der Waals surface area contributed by atoms with Crippen LogP contribution < -0.4 is 10.3 Å². The molecule has 0 radical (unpaired) electrons. The molecule has 0 aliphatic rings. The predicted octanol–water partition coefficient (Wildman–Crippen LogP) is 1.47. The SMILES string of the molecule is C=C[C@@H](C)[C@@H](C)CS(N)(=O)=O.C=C[C@H](C)[C@H](C)CS(N)(=O)=O. The third kappa shape index (κ3) is 14.2. The molecule has 0 aliphatic heterocycles. The van der Waals surface area contributed by atoms with Crippen molar-refractivity contribution in [3.63, 3.8) is 0 Å². The van der Waals surface area contributed by atoms with Gasteiger partial charge in [0.1, 0.15) is 0 Å². The first-order chi connectivity index (χ1) is 9.73. The highest BCUT2D eigenvalue weighted by molar-refractivity contribution is 7.89. The molecule has 0 bridgehead atoms. The van der Waals surface area contributed by atoms with Crippen LogP contribution in [0, 0.1) is 23.7 Å². The molecule has 0 heterocycles. The molecule has 0 saturated heterocycles. The van der Waals surface area contributed by atoms with Crippen molar-refractivity contribution < 1.29 is 16.8 Å². The maximum Gasteiger partial charge on any atom is 0.209 e. The van der Waals surface area contributed by atoms with Crippen molar-refractivity contribution in [3.05, 3.63) is 25.3 Å². The first-order valence-corrected chi connectivity index (χ1v) is 10.4. The van der Waals surface area contributed by atoms with E-state index >= 15 is 0 Å². The highest BCUT2D eigenvalue weighted by Crippen LogP contribution is 2.13. The summed E-state index contributed by atoms with van der Waals surface area (Å²) in [5.74, 6) is 0.520. The molecule has 22 heavy (non-hydrogen) atoms. The lowest BCUT2D eigenvalue weighted by molar-refractivity contribution is 0.494. The Morgan fingerprint density at radius 1 is 0.773 bits per heavy atom. The van der Waals surface area contributed by atoms with E-state index in [1.807, 2.05) is 27.7 Å². The van der Waals surface area contributed by atoms with Crippen molar-refractivity contribution in [2.45, 2.75) is 27.7 Å². The van der Waals surface area contributed by atoms with Crippen LogP contribution in [0.2, 0.25) is 0 Å². The lowest BCUT2D eigenvalue weighted by Gasteiger charge is -2.13. The molecule has 0 aromatic rings. The van der Waals surface area contributed by atoms with Crippen molar-refractivity contribution in [2.75, 3.05) is 11.5 Å². The Bertz CT molecular complexity index is 491. The number of hydrogen-bond donors (Lipinski definition) is 2. The second kappa shape index (κ2) is 10.1. The van der Waals surface area contributed by atoms with Crippen LogP contribution in [0.3, 0.4) is 0 Å². The van der Waals surface area contributed by atoms with E-state index in [2.05, 4.69) is 13.2 Å². The van der Waals surface area contributed by atoms with Crippen LogP contribution in [-0.2, 0) is 20.0 Å². The van der Waals surface area contributed by atoms with Gasteiger partial charge in [0, 0.05) is 0 Å². The Morgan fingerprint density at radius 2 is 1.00 bits per heavy atom. The number of primary sulfonamides is 2. The van der Waals surface area contributed by atoms with Gasteiger partial charge in [0.25, 0.3) is 0 Å². The third-order valence-corrected chi connectivity index (χ3v) is 5.51. The topological polar surface area (TPSA) is 120 Å². The normalized spacial score (nSPS) is 17.4. The molecule has 0 saturated carbocycles. The Kier molecular flexibility index (Phi) is 10.9. The summed E-state index contributed by atoms with van der Waals surface area (Å²) in [5.41, 5.74) is 0. The Hall–Kier alpha value is -0.700. The zero-order chi connectivity index (χ0) is 18.1. The summed E-state index contributed by atoms with van der Waals surface area (Å²) in [4.78, 5) is 0. The molecule has 132 valence electrons. The Morgan fingerprint density at radius 3 is 1.14 bits per heavy atom. The highest BCUT2D eigenvalue weighted by Gasteiger charge is 2.15. The molecule has 8 heteroatoms. The number of allylic oxidation sites excluding steroid dienone is 2. The summed E-state index contributed by atoms with van der Waals surface area (Å²) in [6.07, 6.45) is 3.46. The third-order valence-electron chi connectivity index (χ3n) is 3.53. The van der Waals surface area contributed by atoms with E-state index < -0.39 is 20.0 Å². The highest BCUT2D eigenvalue weighted by atomic mass is 32.2. The molecule has 0 fully saturated rings. The smallest absolute Gasteiger partial charge is 0.209 e. The van der Waals surface area contributed by atoms with Gasteiger partial charge in [-0.05, 0) is 23.7 Å². The number of rotatable bonds is 8. The first kappa shape index (κ1) is 23.6. The van der Waals surface area contributed by atoms with Crippen LogP contribution in [0.1, 0.15) is 27.7 Å². The van der Waals surface area contributed by atoms with Crippen molar-refractivity contribution in [2.24, 2.45) is 33.9 Å². The average Bonchev–Trinajstić information content (AvgIpc) is 2.33. The molecule has 0 spiro atoms. The molecular weight excluding hydrogens is 324 g/mol. The van der Waals surface area contributed by atoms with E-state index in [0.29, 0.717) is 0 Å². The van der Waals surface area contributed by atoms with Crippen molar-refractivity contribution in [1.29, 1.82) is 0 Å². The van der Waals surface area contributed by atoms with Gasteiger partial charge in [-0.1, -0.05) is 39.8 Å². The quantitative estimate of drug-likeness (QED) is 0.641. The van der Waals surface area contributed by atoms with Gasteiger partial charge in [-0.3, -0.25) is 0 Å². The lowest BCUT2D eigenvalue weighted by Crippen LogP contribution is -2.24. The van der Waals surface area contributed by atoms with Crippen LogP contribution in [0.25, 0.3) is 0 Å². The maximum absolute atomic E-state index is 10.6. The maximum atomic E-state index is 10.6. The molecule has 0 rings (SSSR count). The molecular formula is C14H30N2O4S2. The summed E-state index contributed by atoms with van der Waals surface area (Å²) in [7, 11) is -6.65. The molecule has 4 N–H and O–H groups in total. The van der Waals surface area contributed by atoms with E-state index in [1.165, 1.54) is 0 Å². The summed E-state index contributed by atoms with van der Waals surface area (Å²) in [6.45, 7) is 14.7. The molecule has 6 nitrogen and oxygen atoms in total. The fourth-order valence-corrected chi connectivity index (χ4v) is 3.57. The zero-order valence-corrected chi connectivity index (χ0v) is 15.5. The van der Waals surface area contributed by atoms with Crippen molar-refractivity contribution in [1.82, 2.24) is 0 Å². The lowest BCUT2D eigenvalue weighted by atomic mass is 9.99. The number of nitrogens with two attached hydrogens (primary N) is 2. The average molecular weight is 355 g/mol. The minimum absolute atomic E-state index is 0.0280. The fourth-order valence-electron chi connectivity index (χ4n) is 1.50. The molecule has 0 aromatic heterocycles. The number of hydrogen-bond acceptors (Lipinski definition) is 4. The second-order valence-electron chi connectivity index (χ2n) is 5.80. The fraction of sp³-hybridized carbons (Fsp3) is 0.714. The minimum Gasteiger partial charge on any atom is -0.229 e. The monoisotopic (exact) mass is 354 g/mol. The van der Waals surface area contributed by atoms with Gasteiger partial charge >= 0.3 is 0 Å². The van der Waals surface area contributed by atoms with Gasteiger partial charge in [-0.2, -0.15) is 0 Å². The first-order valence-electron chi connectivity index (χ1n) is 6.99. The van der Waals surface area contributed by atoms with Gasteiger partial charge in [0.05, 0.1) is 11.5 Å². The summed E-state index contributed by atoms with van der Waals surface area (Å²) in [5, 5.41) is 9.73. The summed E-state index contributed by atoms with van der Waals surface area (Å²) in [6, 6.07) is 0. The molecule has 4 atom stereocenters. The van der Waals surface area contributed by atoms with Gasteiger partial charge < -0.3 is 0 Å². The Labute approximate surface area is 135 Å². The predicted molar refractivity (Wildman–Crippen MR) is 93.0 cm³/mol. The van der Waals surface area contributed by atoms with Crippen LogP contribution >= 0.6 is 0 Å². The van der Waals surface area contributed by atoms with E-state index in [4.69, 9.17) is 10.3 Å².